The number of rotatable bonds is 5. The van der Waals surface area contributed by atoms with Gasteiger partial charge in [-0.25, -0.2) is 0 Å². The predicted octanol–water partition coefficient (Wildman–Crippen LogP) is 4.34. The molecule has 128 valence electrons. The van der Waals surface area contributed by atoms with E-state index in [1.165, 1.54) is 0 Å². The molecule has 4 rings (SSSR count). The number of fused-ring (bicyclic) bond motifs is 1. The maximum Gasteiger partial charge on any atom is 0.162 e. The van der Waals surface area contributed by atoms with E-state index in [9.17, 15) is 10.0 Å². The van der Waals surface area contributed by atoms with E-state index in [4.69, 9.17) is 0 Å². The molecule has 0 atom stereocenters. The molecule has 0 aliphatic heterocycles. The summed E-state index contributed by atoms with van der Waals surface area (Å²) in [5.41, 5.74) is 4.86. The molecular formula is C19H15N5O2. The maximum absolute atomic E-state index is 10.8. The van der Waals surface area contributed by atoms with E-state index in [1.54, 1.807) is 30.5 Å². The second kappa shape index (κ2) is 6.64. The fraction of sp³-hybridized carbons (Fsp3) is 0.0526. The maximum atomic E-state index is 10.8. The normalized spacial score (nSPS) is 10.8. The molecule has 0 saturated carbocycles. The zero-order chi connectivity index (χ0) is 17.9. The number of aromatic amines is 1. The second-order valence-electron chi connectivity index (χ2n) is 5.80. The Bertz CT molecular complexity index is 1070. The van der Waals surface area contributed by atoms with Crippen LogP contribution in [0.25, 0.3) is 22.2 Å². The average Bonchev–Trinajstić information content (AvgIpc) is 3.08. The van der Waals surface area contributed by atoms with Gasteiger partial charge in [-0.15, -0.1) is 5.10 Å². The van der Waals surface area contributed by atoms with E-state index < -0.39 is 0 Å². The van der Waals surface area contributed by atoms with Gasteiger partial charge in [-0.05, 0) is 35.4 Å². The molecular weight excluding hydrogens is 330 g/mol. The summed E-state index contributed by atoms with van der Waals surface area (Å²) in [6.45, 7) is 0.0884. The van der Waals surface area contributed by atoms with Gasteiger partial charge in [0.25, 0.3) is 0 Å². The molecule has 0 fully saturated rings. The molecule has 0 amide bonds. The molecule has 0 saturated heterocycles. The highest BCUT2D eigenvalue weighted by molar-refractivity contribution is 6.03. The number of H-pyrrole nitrogens is 1. The third kappa shape index (κ3) is 2.86. The number of nitrogens with zero attached hydrogens (tertiary/aromatic N) is 3. The Balaban J connectivity index is 1.85. The van der Waals surface area contributed by atoms with E-state index in [0.717, 1.165) is 33.5 Å². The quantitative estimate of drug-likeness (QED) is 0.369. The number of hydrogen-bond acceptors (Lipinski definition) is 6. The van der Waals surface area contributed by atoms with Gasteiger partial charge >= 0.3 is 0 Å². The topological polar surface area (TPSA) is 103 Å². The Morgan fingerprint density at radius 2 is 1.88 bits per heavy atom. The predicted molar refractivity (Wildman–Crippen MR) is 100 cm³/mol. The molecule has 0 radical (unpaired) electrons. The zero-order valence-electron chi connectivity index (χ0n) is 13.7. The fourth-order valence-corrected chi connectivity index (χ4v) is 2.97. The van der Waals surface area contributed by atoms with Gasteiger partial charge in [-0.2, -0.15) is 10.0 Å². The molecule has 0 bridgehead atoms. The summed E-state index contributed by atoms with van der Waals surface area (Å²) in [5.74, 6) is 0.205. The number of aromatic hydroxyl groups is 1. The van der Waals surface area contributed by atoms with Crippen molar-refractivity contribution in [2.24, 2.45) is 5.18 Å². The number of benzene rings is 2. The molecule has 4 aromatic rings. The van der Waals surface area contributed by atoms with Crippen LogP contribution in [0, 0.1) is 4.91 Å². The molecule has 0 aliphatic carbocycles. The van der Waals surface area contributed by atoms with E-state index in [-0.39, 0.29) is 12.3 Å². The van der Waals surface area contributed by atoms with Crippen molar-refractivity contribution in [1.29, 1.82) is 0 Å². The van der Waals surface area contributed by atoms with Gasteiger partial charge < -0.3 is 15.4 Å². The SMILES string of the molecule is O=NCc1ccccc1-c1cnnc2[nH]cc(Nc3ccc(O)cc3)c12. The van der Waals surface area contributed by atoms with Crippen molar-refractivity contribution >= 4 is 22.4 Å². The number of phenols is 1. The highest BCUT2D eigenvalue weighted by Gasteiger charge is 2.15. The summed E-state index contributed by atoms with van der Waals surface area (Å²) in [7, 11) is 0. The van der Waals surface area contributed by atoms with E-state index >= 15 is 0 Å². The average molecular weight is 345 g/mol. The second-order valence-corrected chi connectivity index (χ2v) is 5.80. The molecule has 0 unspecified atom stereocenters. The summed E-state index contributed by atoms with van der Waals surface area (Å²) in [6.07, 6.45) is 3.50. The summed E-state index contributed by atoms with van der Waals surface area (Å²) < 4.78 is 0. The van der Waals surface area contributed by atoms with Crippen LogP contribution < -0.4 is 5.32 Å². The first-order valence-electron chi connectivity index (χ1n) is 8.02. The number of nitroso groups, excluding NO2 is 1. The van der Waals surface area contributed by atoms with Gasteiger partial charge in [0, 0.05) is 17.4 Å². The molecule has 2 aromatic heterocycles. The summed E-state index contributed by atoms with van der Waals surface area (Å²) >= 11 is 0. The summed E-state index contributed by atoms with van der Waals surface area (Å²) in [4.78, 5) is 13.9. The van der Waals surface area contributed by atoms with Crippen molar-refractivity contribution in [2.75, 3.05) is 5.32 Å². The van der Waals surface area contributed by atoms with Crippen LogP contribution >= 0.6 is 0 Å². The third-order valence-corrected chi connectivity index (χ3v) is 4.16. The molecule has 7 nitrogen and oxygen atoms in total. The van der Waals surface area contributed by atoms with Gasteiger partial charge in [0.2, 0.25) is 0 Å². The van der Waals surface area contributed by atoms with Crippen LogP contribution in [0.4, 0.5) is 11.4 Å². The molecule has 7 heteroatoms. The first-order valence-corrected chi connectivity index (χ1v) is 8.02. The van der Waals surface area contributed by atoms with E-state index in [0.29, 0.717) is 5.65 Å². The van der Waals surface area contributed by atoms with Crippen LogP contribution in [0.1, 0.15) is 5.56 Å². The molecule has 3 N–H and O–H groups in total. The van der Waals surface area contributed by atoms with Gasteiger partial charge in [0.15, 0.2) is 5.65 Å². The smallest absolute Gasteiger partial charge is 0.162 e. The zero-order valence-corrected chi connectivity index (χ0v) is 13.7. The fourth-order valence-electron chi connectivity index (χ4n) is 2.97. The Labute approximate surface area is 148 Å². The summed E-state index contributed by atoms with van der Waals surface area (Å²) in [6, 6.07) is 14.4. The van der Waals surface area contributed by atoms with Crippen LogP contribution in [0.2, 0.25) is 0 Å². The van der Waals surface area contributed by atoms with E-state index in [2.05, 4.69) is 25.7 Å². The van der Waals surface area contributed by atoms with E-state index in [1.807, 2.05) is 30.5 Å². The van der Waals surface area contributed by atoms with Crippen molar-refractivity contribution in [3.63, 3.8) is 0 Å². The molecule has 0 aliphatic rings. The highest BCUT2D eigenvalue weighted by Crippen LogP contribution is 2.35. The van der Waals surface area contributed by atoms with Gasteiger partial charge in [-0.1, -0.05) is 29.4 Å². The van der Waals surface area contributed by atoms with Crippen LogP contribution in [0.15, 0.2) is 66.1 Å². The van der Waals surface area contributed by atoms with Gasteiger partial charge in [-0.3, -0.25) is 0 Å². The molecule has 2 aromatic carbocycles. The lowest BCUT2D eigenvalue weighted by molar-refractivity contribution is 0.475. The third-order valence-electron chi connectivity index (χ3n) is 4.16. The Morgan fingerprint density at radius 3 is 2.69 bits per heavy atom. The molecule has 2 heterocycles. The van der Waals surface area contributed by atoms with Crippen LogP contribution in [0.3, 0.4) is 0 Å². The Kier molecular flexibility index (Phi) is 4.03. The van der Waals surface area contributed by atoms with Crippen molar-refractivity contribution in [1.82, 2.24) is 15.2 Å². The van der Waals surface area contributed by atoms with Crippen LogP contribution in [0.5, 0.6) is 5.75 Å². The minimum absolute atomic E-state index is 0.0884. The lowest BCUT2D eigenvalue weighted by atomic mass is 9.99. The number of hydrogen-bond donors (Lipinski definition) is 3. The van der Waals surface area contributed by atoms with Crippen molar-refractivity contribution < 1.29 is 5.11 Å². The van der Waals surface area contributed by atoms with Crippen molar-refractivity contribution in [3.05, 3.63) is 71.4 Å². The standard InChI is InChI=1S/C19H15N5O2/c25-14-7-5-13(6-8-14)23-17-11-20-19-18(17)16(10-21-24-19)15-4-2-1-3-12(15)9-22-26/h1-8,10-11,23,25H,9H2,(H,20,24). The first kappa shape index (κ1) is 15.8. The first-order chi connectivity index (χ1) is 12.8. The van der Waals surface area contributed by atoms with Crippen LogP contribution in [-0.2, 0) is 6.54 Å². The van der Waals surface area contributed by atoms with Crippen LogP contribution in [-0.4, -0.2) is 20.3 Å². The molecule has 0 spiro atoms. The highest BCUT2D eigenvalue weighted by atomic mass is 16.3. The number of anilines is 2. The Morgan fingerprint density at radius 1 is 1.08 bits per heavy atom. The minimum atomic E-state index is 0.0884. The van der Waals surface area contributed by atoms with Crippen molar-refractivity contribution in [2.45, 2.75) is 6.54 Å². The number of aromatic nitrogens is 3. The molecule has 26 heavy (non-hydrogen) atoms. The summed E-state index contributed by atoms with van der Waals surface area (Å²) in [5, 5.41) is 24.9. The van der Waals surface area contributed by atoms with Crippen molar-refractivity contribution in [3.8, 4) is 16.9 Å². The number of phenolic OH excluding ortho intramolecular Hbond substituents is 1. The lowest BCUT2D eigenvalue weighted by Crippen LogP contribution is -1.94. The Hall–Kier alpha value is -3.74. The monoisotopic (exact) mass is 345 g/mol. The van der Waals surface area contributed by atoms with Gasteiger partial charge in [0.05, 0.1) is 17.3 Å². The van der Waals surface area contributed by atoms with Gasteiger partial charge in [0.1, 0.15) is 12.3 Å². The largest absolute Gasteiger partial charge is 0.508 e. The number of nitrogens with one attached hydrogen (secondary N) is 2. The lowest BCUT2D eigenvalue weighted by Gasteiger charge is -2.10. The minimum Gasteiger partial charge on any atom is -0.508 e.